The molecule has 0 radical (unpaired) electrons. The molecule has 0 aromatic heterocycles. The number of hydrogen-bond acceptors (Lipinski definition) is 5. The first-order chi connectivity index (χ1) is 20.4. The van der Waals surface area contributed by atoms with Crippen LogP contribution in [-0.2, 0) is 20.9 Å². The zero-order valence-electron chi connectivity index (χ0n) is 24.1. The van der Waals surface area contributed by atoms with Crippen LogP contribution in [0.2, 0.25) is 0 Å². The van der Waals surface area contributed by atoms with E-state index in [-0.39, 0.29) is 24.9 Å². The number of rotatable bonds is 11. The molecule has 1 aliphatic carbocycles. The summed E-state index contributed by atoms with van der Waals surface area (Å²) in [5, 5.41) is 15.3. The third-order valence-corrected chi connectivity index (χ3v) is 8.48. The van der Waals surface area contributed by atoms with Crippen molar-refractivity contribution in [1.29, 1.82) is 0 Å². The Morgan fingerprint density at radius 2 is 1.52 bits per heavy atom. The van der Waals surface area contributed by atoms with E-state index in [1.165, 1.54) is 5.56 Å². The smallest absolute Gasteiger partial charge is 0.407 e. The number of benzene rings is 3. The SMILES string of the molecule is CCCC(NC(=O)CC1(NC(=O)OCC2c3ccccc3-c3ccccc32)CCN(Cc2ccccc2)CC1)C(=O)O. The summed E-state index contributed by atoms with van der Waals surface area (Å²) in [6, 6.07) is 25.6. The number of hydrogen-bond donors (Lipinski definition) is 3. The standard InChI is InChI=1S/C34H39N3O5/c1-2-10-30(32(39)40)35-31(38)21-34(17-19-37(20-18-34)22-24-11-4-3-5-12-24)36-33(41)42-23-29-27-15-8-6-13-25(27)26-14-7-9-16-28(26)29/h3-9,11-16,29-30H,2,10,17-23H2,1H3,(H,35,38)(H,36,41)(H,39,40). The maximum absolute atomic E-state index is 13.3. The van der Waals surface area contributed by atoms with Crippen LogP contribution >= 0.6 is 0 Å². The van der Waals surface area contributed by atoms with E-state index in [9.17, 15) is 19.5 Å². The Labute approximate surface area is 247 Å². The number of ether oxygens (including phenoxy) is 1. The number of carboxylic acid groups (broad SMARTS) is 1. The monoisotopic (exact) mass is 569 g/mol. The molecule has 0 saturated carbocycles. The van der Waals surface area contributed by atoms with Crippen LogP contribution in [0.4, 0.5) is 4.79 Å². The first-order valence-electron chi connectivity index (χ1n) is 14.8. The molecule has 3 N–H and O–H groups in total. The number of piperidine rings is 1. The lowest BCUT2D eigenvalue weighted by atomic mass is 9.83. The second-order valence-corrected chi connectivity index (χ2v) is 11.4. The number of nitrogens with zero attached hydrogens (tertiary/aromatic N) is 1. The summed E-state index contributed by atoms with van der Waals surface area (Å²) in [5.74, 6) is -1.51. The fourth-order valence-electron chi connectivity index (χ4n) is 6.28. The maximum atomic E-state index is 13.3. The van der Waals surface area contributed by atoms with Crippen molar-refractivity contribution in [2.45, 2.75) is 63.1 Å². The number of fused-ring (bicyclic) bond motifs is 3. The van der Waals surface area contributed by atoms with Crippen molar-refractivity contribution in [3.63, 3.8) is 0 Å². The minimum absolute atomic E-state index is 0.0101. The first-order valence-corrected chi connectivity index (χ1v) is 14.8. The highest BCUT2D eigenvalue weighted by atomic mass is 16.5. The third-order valence-electron chi connectivity index (χ3n) is 8.48. The van der Waals surface area contributed by atoms with Gasteiger partial charge >= 0.3 is 12.1 Å². The van der Waals surface area contributed by atoms with E-state index in [0.29, 0.717) is 38.8 Å². The van der Waals surface area contributed by atoms with Gasteiger partial charge in [-0.2, -0.15) is 0 Å². The number of carbonyl (C=O) groups is 3. The topological polar surface area (TPSA) is 108 Å². The molecule has 1 heterocycles. The van der Waals surface area contributed by atoms with Gasteiger partial charge in [0.15, 0.2) is 0 Å². The summed E-state index contributed by atoms with van der Waals surface area (Å²) in [5.41, 5.74) is 4.93. The van der Waals surface area contributed by atoms with E-state index in [1.807, 2.05) is 49.4 Å². The van der Waals surface area contributed by atoms with Crippen LogP contribution in [0.25, 0.3) is 11.1 Å². The van der Waals surface area contributed by atoms with E-state index in [0.717, 1.165) is 28.8 Å². The average Bonchev–Trinajstić information content (AvgIpc) is 3.31. The normalized spacial score (nSPS) is 16.6. The minimum Gasteiger partial charge on any atom is -0.480 e. The second kappa shape index (κ2) is 13.2. The molecule has 0 spiro atoms. The zero-order valence-corrected chi connectivity index (χ0v) is 24.1. The number of aliphatic carboxylic acids is 1. The van der Waals surface area contributed by atoms with Crippen molar-refractivity contribution in [2.24, 2.45) is 0 Å². The summed E-state index contributed by atoms with van der Waals surface area (Å²) < 4.78 is 5.84. The Morgan fingerprint density at radius 3 is 2.12 bits per heavy atom. The molecule has 0 bridgehead atoms. The molecule has 2 amide bonds. The molecule has 220 valence electrons. The largest absolute Gasteiger partial charge is 0.480 e. The Morgan fingerprint density at radius 1 is 0.929 bits per heavy atom. The molecule has 1 aliphatic heterocycles. The van der Waals surface area contributed by atoms with Crippen LogP contribution in [0.15, 0.2) is 78.9 Å². The lowest BCUT2D eigenvalue weighted by molar-refractivity contribution is -0.142. The van der Waals surface area contributed by atoms with Crippen molar-refractivity contribution in [3.05, 3.63) is 95.6 Å². The lowest BCUT2D eigenvalue weighted by Crippen LogP contribution is -2.58. The predicted octanol–water partition coefficient (Wildman–Crippen LogP) is 5.32. The van der Waals surface area contributed by atoms with Crippen LogP contribution in [0.1, 0.15) is 61.6 Å². The van der Waals surface area contributed by atoms with Gasteiger partial charge in [-0.15, -0.1) is 0 Å². The zero-order chi connectivity index (χ0) is 29.5. The Kier molecular flexibility index (Phi) is 9.22. The van der Waals surface area contributed by atoms with E-state index < -0.39 is 23.6 Å². The summed E-state index contributed by atoms with van der Waals surface area (Å²) in [6.45, 7) is 4.21. The van der Waals surface area contributed by atoms with Crippen LogP contribution in [0.3, 0.4) is 0 Å². The molecule has 8 heteroatoms. The number of nitrogens with one attached hydrogen (secondary N) is 2. The minimum atomic E-state index is -1.05. The molecule has 2 aliphatic rings. The van der Waals surface area contributed by atoms with E-state index in [2.05, 4.69) is 51.9 Å². The Hall–Kier alpha value is -4.17. The van der Waals surface area contributed by atoms with Crippen LogP contribution < -0.4 is 10.6 Å². The molecule has 1 atom stereocenters. The van der Waals surface area contributed by atoms with Gasteiger partial charge in [0.05, 0.1) is 5.54 Å². The van der Waals surface area contributed by atoms with Crippen molar-refractivity contribution in [1.82, 2.24) is 15.5 Å². The lowest BCUT2D eigenvalue weighted by Gasteiger charge is -2.42. The summed E-state index contributed by atoms with van der Waals surface area (Å²) >= 11 is 0. The third kappa shape index (κ3) is 6.82. The molecular weight excluding hydrogens is 530 g/mol. The predicted molar refractivity (Wildman–Crippen MR) is 161 cm³/mol. The van der Waals surface area contributed by atoms with Crippen LogP contribution in [0, 0.1) is 0 Å². The van der Waals surface area contributed by atoms with E-state index in [4.69, 9.17) is 4.74 Å². The Balaban J connectivity index is 1.27. The van der Waals surface area contributed by atoms with Crippen molar-refractivity contribution < 1.29 is 24.2 Å². The quantitative estimate of drug-likeness (QED) is 0.289. The number of amides is 2. The van der Waals surface area contributed by atoms with Crippen LogP contribution in [-0.4, -0.2) is 59.3 Å². The molecule has 1 fully saturated rings. The highest BCUT2D eigenvalue weighted by Crippen LogP contribution is 2.44. The van der Waals surface area contributed by atoms with Crippen molar-refractivity contribution >= 4 is 18.0 Å². The molecule has 8 nitrogen and oxygen atoms in total. The van der Waals surface area contributed by atoms with Crippen molar-refractivity contribution in [3.8, 4) is 11.1 Å². The van der Waals surface area contributed by atoms with Gasteiger partial charge in [-0.1, -0.05) is 92.2 Å². The van der Waals surface area contributed by atoms with Crippen molar-refractivity contribution in [2.75, 3.05) is 19.7 Å². The number of carbonyl (C=O) groups excluding carboxylic acids is 2. The molecular formula is C34H39N3O5. The maximum Gasteiger partial charge on any atom is 0.407 e. The van der Waals surface area contributed by atoms with Gasteiger partial charge in [-0.3, -0.25) is 9.69 Å². The highest BCUT2D eigenvalue weighted by molar-refractivity contribution is 5.85. The molecule has 3 aromatic rings. The van der Waals surface area contributed by atoms with Gasteiger partial charge in [0.1, 0.15) is 12.6 Å². The van der Waals surface area contributed by atoms with Gasteiger partial charge in [0.25, 0.3) is 0 Å². The number of carboxylic acids is 1. The average molecular weight is 570 g/mol. The summed E-state index contributed by atoms with van der Waals surface area (Å²) in [6.07, 6.45) is 1.49. The molecule has 1 unspecified atom stereocenters. The highest BCUT2D eigenvalue weighted by Gasteiger charge is 2.39. The summed E-state index contributed by atoms with van der Waals surface area (Å²) in [4.78, 5) is 40.4. The van der Waals surface area contributed by atoms with Gasteiger partial charge in [0.2, 0.25) is 5.91 Å². The molecule has 3 aromatic carbocycles. The van der Waals surface area contributed by atoms with E-state index in [1.54, 1.807) is 0 Å². The van der Waals surface area contributed by atoms with Gasteiger partial charge in [-0.05, 0) is 47.1 Å². The van der Waals surface area contributed by atoms with Gasteiger partial charge in [0, 0.05) is 32.0 Å². The number of alkyl carbamates (subject to hydrolysis) is 1. The second-order valence-electron chi connectivity index (χ2n) is 11.4. The Bertz CT molecular complexity index is 1360. The number of likely N-dealkylation sites (tertiary alicyclic amines) is 1. The molecule has 1 saturated heterocycles. The van der Waals surface area contributed by atoms with Gasteiger partial charge < -0.3 is 20.5 Å². The van der Waals surface area contributed by atoms with Crippen LogP contribution in [0.5, 0.6) is 0 Å². The van der Waals surface area contributed by atoms with Gasteiger partial charge in [-0.25, -0.2) is 9.59 Å². The fourth-order valence-corrected chi connectivity index (χ4v) is 6.28. The summed E-state index contributed by atoms with van der Waals surface area (Å²) in [7, 11) is 0. The first kappa shape index (κ1) is 29.3. The fraction of sp³-hybridized carbons (Fsp3) is 0.382. The molecule has 42 heavy (non-hydrogen) atoms. The molecule has 5 rings (SSSR count). The van der Waals surface area contributed by atoms with E-state index >= 15 is 0 Å².